The summed E-state index contributed by atoms with van der Waals surface area (Å²) in [6.45, 7) is 3.25. The van der Waals surface area contributed by atoms with Gasteiger partial charge in [0.15, 0.2) is 0 Å². The second-order valence-corrected chi connectivity index (χ2v) is 6.57. The number of hydrogen-bond acceptors (Lipinski definition) is 2. The Morgan fingerprint density at radius 3 is 2.17 bits per heavy atom. The molecule has 0 bridgehead atoms. The number of carbonyl (C=O) groups excluding carboxylic acids is 2. The maximum Gasteiger partial charge on any atom is 0.134 e. The SMILES string of the molecule is CC(=O)C[C@H]1c2ccccc2[C@@H](/C=C/c2ccccc2)[C@@H]1C(C)=O. The van der Waals surface area contributed by atoms with Gasteiger partial charge >= 0.3 is 0 Å². The van der Waals surface area contributed by atoms with E-state index >= 15 is 0 Å². The highest BCUT2D eigenvalue weighted by molar-refractivity contribution is 5.85. The molecule has 0 unspecified atom stereocenters. The van der Waals surface area contributed by atoms with Gasteiger partial charge in [-0.1, -0.05) is 66.7 Å². The van der Waals surface area contributed by atoms with Gasteiger partial charge in [0.2, 0.25) is 0 Å². The molecule has 0 amide bonds. The quantitative estimate of drug-likeness (QED) is 0.796. The maximum absolute atomic E-state index is 12.4. The van der Waals surface area contributed by atoms with E-state index in [4.69, 9.17) is 0 Å². The average Bonchev–Trinajstić information content (AvgIpc) is 2.87. The molecule has 0 aromatic heterocycles. The van der Waals surface area contributed by atoms with E-state index in [1.165, 1.54) is 5.56 Å². The van der Waals surface area contributed by atoms with Crippen molar-refractivity contribution in [3.63, 3.8) is 0 Å². The van der Waals surface area contributed by atoms with Crippen LogP contribution in [0.2, 0.25) is 0 Å². The standard InChI is InChI=1S/C22H22O2/c1-15(23)14-21-19-11-7-6-10-18(19)20(22(21)16(2)24)13-12-17-8-4-3-5-9-17/h3-13,20-22H,14H2,1-2H3/b13-12+/t20-,21+,22+/m1/s1. The Morgan fingerprint density at radius 1 is 0.917 bits per heavy atom. The molecule has 24 heavy (non-hydrogen) atoms. The minimum atomic E-state index is -0.161. The van der Waals surface area contributed by atoms with Gasteiger partial charge in [0.1, 0.15) is 11.6 Å². The Hall–Kier alpha value is -2.48. The molecule has 2 aromatic carbocycles. The Morgan fingerprint density at radius 2 is 1.54 bits per heavy atom. The molecular weight excluding hydrogens is 296 g/mol. The number of allylic oxidation sites excluding steroid dienone is 1. The smallest absolute Gasteiger partial charge is 0.134 e. The molecule has 3 atom stereocenters. The fourth-order valence-corrected chi connectivity index (χ4v) is 3.87. The lowest BCUT2D eigenvalue weighted by molar-refractivity contribution is -0.122. The third-order valence-electron chi connectivity index (χ3n) is 4.85. The molecule has 3 rings (SSSR count). The average molecular weight is 318 g/mol. The molecule has 0 saturated carbocycles. The fraction of sp³-hybridized carbons (Fsp3) is 0.273. The van der Waals surface area contributed by atoms with Crippen molar-refractivity contribution >= 4 is 17.6 Å². The van der Waals surface area contributed by atoms with Crippen LogP contribution in [0, 0.1) is 5.92 Å². The summed E-state index contributed by atoms with van der Waals surface area (Å²) in [6, 6.07) is 18.2. The molecule has 2 aromatic rings. The molecule has 2 heteroatoms. The first kappa shape index (κ1) is 16.4. The van der Waals surface area contributed by atoms with E-state index in [-0.39, 0.29) is 29.3 Å². The Balaban J connectivity index is 2.01. The zero-order valence-electron chi connectivity index (χ0n) is 14.1. The van der Waals surface area contributed by atoms with Crippen molar-refractivity contribution < 1.29 is 9.59 Å². The summed E-state index contributed by atoms with van der Waals surface area (Å²) in [7, 11) is 0. The highest BCUT2D eigenvalue weighted by Crippen LogP contribution is 2.49. The molecule has 0 spiro atoms. The van der Waals surface area contributed by atoms with E-state index in [0.717, 1.165) is 11.1 Å². The normalized spacial score (nSPS) is 22.5. The van der Waals surface area contributed by atoms with Crippen LogP contribution in [0.4, 0.5) is 0 Å². The molecular formula is C22H22O2. The Labute approximate surface area is 143 Å². The third-order valence-corrected chi connectivity index (χ3v) is 4.85. The van der Waals surface area contributed by atoms with Crippen LogP contribution in [0.3, 0.4) is 0 Å². The van der Waals surface area contributed by atoms with Crippen molar-refractivity contribution in [1.29, 1.82) is 0 Å². The van der Waals surface area contributed by atoms with Crippen LogP contribution >= 0.6 is 0 Å². The first-order valence-corrected chi connectivity index (χ1v) is 8.40. The lowest BCUT2D eigenvalue weighted by atomic mass is 9.81. The predicted octanol–water partition coefficient (Wildman–Crippen LogP) is 4.77. The van der Waals surface area contributed by atoms with Crippen LogP contribution in [0.1, 0.15) is 48.8 Å². The van der Waals surface area contributed by atoms with Crippen LogP contribution in [-0.4, -0.2) is 11.6 Å². The van der Waals surface area contributed by atoms with Crippen LogP contribution in [0.15, 0.2) is 60.7 Å². The van der Waals surface area contributed by atoms with Crippen LogP contribution < -0.4 is 0 Å². The van der Waals surface area contributed by atoms with Gasteiger partial charge in [0.05, 0.1) is 0 Å². The molecule has 0 N–H and O–H groups in total. The first-order valence-electron chi connectivity index (χ1n) is 8.40. The first-order chi connectivity index (χ1) is 11.6. The maximum atomic E-state index is 12.4. The van der Waals surface area contributed by atoms with E-state index in [1.54, 1.807) is 13.8 Å². The summed E-state index contributed by atoms with van der Waals surface area (Å²) in [6.07, 6.45) is 4.63. The van der Waals surface area contributed by atoms with Crippen molar-refractivity contribution in [3.05, 3.63) is 77.4 Å². The molecule has 0 radical (unpaired) electrons. The van der Waals surface area contributed by atoms with Gasteiger partial charge in [0.25, 0.3) is 0 Å². The fourth-order valence-electron chi connectivity index (χ4n) is 3.87. The van der Waals surface area contributed by atoms with Gasteiger partial charge in [-0.15, -0.1) is 0 Å². The molecule has 122 valence electrons. The van der Waals surface area contributed by atoms with Gasteiger partial charge in [-0.05, 0) is 30.5 Å². The third kappa shape index (κ3) is 3.23. The molecule has 1 aliphatic rings. The monoisotopic (exact) mass is 318 g/mol. The summed E-state index contributed by atoms with van der Waals surface area (Å²) in [5, 5.41) is 0. The van der Waals surface area contributed by atoms with Crippen LogP contribution in [0.25, 0.3) is 6.08 Å². The minimum absolute atomic E-state index is 0.0124. The second-order valence-electron chi connectivity index (χ2n) is 6.57. The van der Waals surface area contributed by atoms with Crippen LogP contribution in [-0.2, 0) is 9.59 Å². The Bertz CT molecular complexity index is 774. The van der Waals surface area contributed by atoms with Crippen molar-refractivity contribution in [2.45, 2.75) is 32.1 Å². The minimum Gasteiger partial charge on any atom is -0.300 e. The number of Topliss-reactive ketones (excluding diaryl/α,β-unsaturated/α-hetero) is 2. The van der Waals surface area contributed by atoms with E-state index < -0.39 is 0 Å². The number of fused-ring (bicyclic) bond motifs is 1. The lowest BCUT2D eigenvalue weighted by Gasteiger charge is -2.20. The number of benzene rings is 2. The van der Waals surface area contributed by atoms with Gasteiger partial charge in [-0.3, -0.25) is 4.79 Å². The summed E-state index contributed by atoms with van der Waals surface area (Å²) >= 11 is 0. The molecule has 2 nitrogen and oxygen atoms in total. The topological polar surface area (TPSA) is 34.1 Å². The molecule has 0 aliphatic heterocycles. The number of rotatable bonds is 5. The van der Waals surface area contributed by atoms with Crippen LogP contribution in [0.5, 0.6) is 0 Å². The number of hydrogen-bond donors (Lipinski definition) is 0. The lowest BCUT2D eigenvalue weighted by Crippen LogP contribution is -2.21. The molecule has 1 aliphatic carbocycles. The summed E-state index contributed by atoms with van der Waals surface area (Å²) in [4.78, 5) is 24.1. The van der Waals surface area contributed by atoms with Gasteiger partial charge in [-0.25, -0.2) is 0 Å². The predicted molar refractivity (Wildman–Crippen MR) is 96.9 cm³/mol. The highest BCUT2D eigenvalue weighted by atomic mass is 16.1. The van der Waals surface area contributed by atoms with E-state index in [1.807, 2.05) is 42.5 Å². The van der Waals surface area contributed by atoms with E-state index in [9.17, 15) is 9.59 Å². The van der Waals surface area contributed by atoms with E-state index in [2.05, 4.69) is 24.3 Å². The summed E-state index contributed by atoms with van der Waals surface area (Å²) in [5.41, 5.74) is 3.44. The molecule has 0 heterocycles. The van der Waals surface area contributed by atoms with Crippen molar-refractivity contribution in [1.82, 2.24) is 0 Å². The van der Waals surface area contributed by atoms with Gasteiger partial charge < -0.3 is 4.79 Å². The highest BCUT2D eigenvalue weighted by Gasteiger charge is 2.42. The van der Waals surface area contributed by atoms with Crippen molar-refractivity contribution in [2.24, 2.45) is 5.92 Å². The molecule has 0 saturated heterocycles. The van der Waals surface area contributed by atoms with Crippen molar-refractivity contribution in [2.75, 3.05) is 0 Å². The zero-order valence-corrected chi connectivity index (χ0v) is 14.1. The largest absolute Gasteiger partial charge is 0.300 e. The van der Waals surface area contributed by atoms with Crippen molar-refractivity contribution in [3.8, 4) is 0 Å². The second kappa shape index (κ2) is 6.96. The number of carbonyl (C=O) groups is 2. The van der Waals surface area contributed by atoms with E-state index in [0.29, 0.717) is 6.42 Å². The summed E-state index contributed by atoms with van der Waals surface area (Å²) in [5.74, 6) is 0.144. The molecule has 0 fully saturated rings. The summed E-state index contributed by atoms with van der Waals surface area (Å²) < 4.78 is 0. The van der Waals surface area contributed by atoms with Gasteiger partial charge in [0, 0.05) is 24.2 Å². The Kier molecular flexibility index (Phi) is 4.75. The number of ketones is 2. The van der Waals surface area contributed by atoms with Gasteiger partial charge in [-0.2, -0.15) is 0 Å². The zero-order chi connectivity index (χ0) is 17.1.